The number of rotatable bonds is 6. The molecule has 3 rings (SSSR count). The summed E-state index contributed by atoms with van der Waals surface area (Å²) in [5, 5.41) is 6.20. The lowest BCUT2D eigenvalue weighted by Gasteiger charge is -2.24. The Balaban J connectivity index is 1.59. The Morgan fingerprint density at radius 1 is 1.21 bits per heavy atom. The Morgan fingerprint density at radius 3 is 2.67 bits per heavy atom. The van der Waals surface area contributed by atoms with E-state index in [4.69, 9.17) is 23.2 Å². The van der Waals surface area contributed by atoms with Crippen molar-refractivity contribution in [2.75, 3.05) is 19.6 Å². The number of halogens is 2. The van der Waals surface area contributed by atoms with Gasteiger partial charge in [0.2, 0.25) is 5.91 Å². The highest BCUT2D eigenvalue weighted by atomic mass is 35.5. The lowest BCUT2D eigenvalue weighted by Crippen LogP contribution is -3.11. The molecule has 128 valence electrons. The Bertz CT molecular complexity index is 684. The van der Waals surface area contributed by atoms with Gasteiger partial charge >= 0.3 is 0 Å². The number of hydrogen-bond acceptors (Lipinski definition) is 2. The number of benzene rings is 1. The molecule has 24 heavy (non-hydrogen) atoms. The zero-order valence-corrected chi connectivity index (χ0v) is 15.7. The highest BCUT2D eigenvalue weighted by molar-refractivity contribution is 7.10. The molecule has 0 radical (unpaired) electrons. The molecule has 1 aliphatic heterocycles. The molecular weight excluding hydrogens is 363 g/mol. The number of hydrogen-bond donors (Lipinski definition) is 2. The normalized spacial score (nSPS) is 16.2. The summed E-state index contributed by atoms with van der Waals surface area (Å²) in [6.07, 6.45) is 2.87. The maximum absolute atomic E-state index is 12.3. The highest BCUT2D eigenvalue weighted by Gasteiger charge is 2.28. The number of likely N-dealkylation sites (tertiary alicyclic amines) is 1. The van der Waals surface area contributed by atoms with Gasteiger partial charge in [0.25, 0.3) is 0 Å². The first kappa shape index (κ1) is 17.7. The molecule has 0 unspecified atom stereocenters. The Morgan fingerprint density at radius 2 is 2.00 bits per heavy atom. The maximum Gasteiger partial charge on any atom is 0.224 e. The summed E-state index contributed by atoms with van der Waals surface area (Å²) in [5.74, 6) is 0.0218. The molecule has 1 atom stereocenters. The van der Waals surface area contributed by atoms with Crippen molar-refractivity contribution >= 4 is 40.4 Å². The molecule has 2 N–H and O–H groups in total. The third-order valence-electron chi connectivity index (χ3n) is 4.48. The van der Waals surface area contributed by atoms with Crippen molar-refractivity contribution in [1.82, 2.24) is 5.32 Å². The molecule has 1 amide bonds. The monoisotopic (exact) mass is 383 g/mol. The quantitative estimate of drug-likeness (QED) is 0.789. The van der Waals surface area contributed by atoms with Gasteiger partial charge in [-0.2, -0.15) is 0 Å². The second kappa shape index (κ2) is 8.34. The second-order valence-corrected chi connectivity index (χ2v) is 7.96. The molecule has 0 spiro atoms. The Kier molecular flexibility index (Phi) is 6.17. The van der Waals surface area contributed by atoms with E-state index in [1.54, 1.807) is 28.4 Å². The number of thiophene rings is 1. The third-order valence-corrected chi connectivity index (χ3v) is 6.20. The number of quaternary nitrogens is 1. The molecule has 0 bridgehead atoms. The van der Waals surface area contributed by atoms with Crippen molar-refractivity contribution in [3.63, 3.8) is 0 Å². The standard InChI is InChI=1S/C18H20Cl2N2OS/c19-14-6-5-13(10-15(14)20)11-18(23)21-12-16(17-4-3-9-24-17)22-7-1-2-8-22/h3-6,9-10,16H,1-2,7-8,11-12H2,(H,21,23)/p+1/t16-/m0/s1. The van der Waals surface area contributed by atoms with Gasteiger partial charge in [0.1, 0.15) is 6.04 Å². The van der Waals surface area contributed by atoms with Gasteiger partial charge in [-0.05, 0) is 29.1 Å². The van der Waals surface area contributed by atoms with E-state index in [-0.39, 0.29) is 5.91 Å². The smallest absolute Gasteiger partial charge is 0.224 e. The number of carbonyl (C=O) groups is 1. The SMILES string of the molecule is O=C(Cc1ccc(Cl)c(Cl)c1)NC[C@@H](c1cccs1)[NH+]1CCCC1. The first-order chi connectivity index (χ1) is 11.6. The fourth-order valence-electron chi connectivity index (χ4n) is 3.23. The van der Waals surface area contributed by atoms with E-state index < -0.39 is 0 Å². The summed E-state index contributed by atoms with van der Waals surface area (Å²) < 4.78 is 0. The van der Waals surface area contributed by atoms with Crippen molar-refractivity contribution in [2.45, 2.75) is 25.3 Å². The number of amides is 1. The van der Waals surface area contributed by atoms with E-state index in [9.17, 15) is 4.79 Å². The fourth-order valence-corrected chi connectivity index (χ4v) is 4.43. The first-order valence-electron chi connectivity index (χ1n) is 8.22. The predicted molar refractivity (Wildman–Crippen MR) is 100 cm³/mol. The molecule has 2 heterocycles. The van der Waals surface area contributed by atoms with Crippen LogP contribution in [0.5, 0.6) is 0 Å². The van der Waals surface area contributed by atoms with Gasteiger partial charge in [-0.3, -0.25) is 4.79 Å². The fraction of sp³-hybridized carbons (Fsp3) is 0.389. The number of nitrogens with one attached hydrogen (secondary N) is 2. The van der Waals surface area contributed by atoms with E-state index in [1.807, 2.05) is 6.07 Å². The molecule has 1 aliphatic rings. The molecule has 1 aromatic heterocycles. The van der Waals surface area contributed by atoms with Gasteiger partial charge in [-0.15, -0.1) is 11.3 Å². The minimum absolute atomic E-state index is 0.0218. The van der Waals surface area contributed by atoms with E-state index in [0.717, 1.165) is 5.56 Å². The third kappa shape index (κ3) is 4.51. The van der Waals surface area contributed by atoms with Gasteiger partial charge < -0.3 is 10.2 Å². The summed E-state index contributed by atoms with van der Waals surface area (Å²) in [6.45, 7) is 3.05. The van der Waals surface area contributed by atoms with Crippen molar-refractivity contribution in [2.24, 2.45) is 0 Å². The largest absolute Gasteiger partial charge is 0.349 e. The van der Waals surface area contributed by atoms with Crippen LogP contribution in [0, 0.1) is 0 Å². The molecule has 3 nitrogen and oxygen atoms in total. The van der Waals surface area contributed by atoms with E-state index in [0.29, 0.717) is 29.1 Å². The molecule has 2 aromatic rings. The van der Waals surface area contributed by atoms with Crippen LogP contribution in [0.2, 0.25) is 10.0 Å². The van der Waals surface area contributed by atoms with Gasteiger partial charge in [-0.1, -0.05) is 35.3 Å². The predicted octanol–water partition coefficient (Wildman–Crippen LogP) is 3.13. The van der Waals surface area contributed by atoms with Crippen molar-refractivity contribution in [3.05, 3.63) is 56.2 Å². The molecule has 6 heteroatoms. The van der Waals surface area contributed by atoms with E-state index in [2.05, 4.69) is 22.8 Å². The van der Waals surface area contributed by atoms with Crippen LogP contribution in [0.1, 0.15) is 29.3 Å². The zero-order chi connectivity index (χ0) is 16.9. The van der Waals surface area contributed by atoms with Gasteiger partial charge in [0.15, 0.2) is 0 Å². The van der Waals surface area contributed by atoms with Crippen molar-refractivity contribution < 1.29 is 9.69 Å². The Labute approximate surface area is 156 Å². The van der Waals surface area contributed by atoms with Crippen LogP contribution in [0.3, 0.4) is 0 Å². The highest BCUT2D eigenvalue weighted by Crippen LogP contribution is 2.23. The Hall–Kier alpha value is -1.07. The molecular formula is C18H21Cl2N2OS+. The number of carbonyl (C=O) groups excluding carboxylic acids is 1. The van der Waals surface area contributed by atoms with Crippen LogP contribution in [0.25, 0.3) is 0 Å². The summed E-state index contributed by atoms with van der Waals surface area (Å²) in [4.78, 5) is 15.2. The average molecular weight is 384 g/mol. The minimum atomic E-state index is 0.0218. The van der Waals surface area contributed by atoms with Gasteiger partial charge in [0.05, 0.1) is 41.0 Å². The molecule has 1 fully saturated rings. The van der Waals surface area contributed by atoms with Gasteiger partial charge in [-0.25, -0.2) is 0 Å². The van der Waals surface area contributed by atoms with Crippen LogP contribution in [-0.2, 0) is 11.2 Å². The topological polar surface area (TPSA) is 33.5 Å². The summed E-state index contributed by atoms with van der Waals surface area (Å²) >= 11 is 13.7. The minimum Gasteiger partial charge on any atom is -0.349 e. The molecule has 0 aliphatic carbocycles. The van der Waals surface area contributed by atoms with Crippen LogP contribution in [-0.4, -0.2) is 25.5 Å². The van der Waals surface area contributed by atoms with Crippen LogP contribution < -0.4 is 10.2 Å². The summed E-state index contributed by atoms with van der Waals surface area (Å²) in [5.41, 5.74) is 0.878. The zero-order valence-electron chi connectivity index (χ0n) is 13.4. The van der Waals surface area contributed by atoms with Crippen molar-refractivity contribution in [1.29, 1.82) is 0 Å². The maximum atomic E-state index is 12.3. The van der Waals surface area contributed by atoms with E-state index in [1.165, 1.54) is 30.8 Å². The lowest BCUT2D eigenvalue weighted by molar-refractivity contribution is -0.918. The van der Waals surface area contributed by atoms with E-state index >= 15 is 0 Å². The van der Waals surface area contributed by atoms with Crippen LogP contribution >= 0.6 is 34.5 Å². The lowest BCUT2D eigenvalue weighted by atomic mass is 10.1. The van der Waals surface area contributed by atoms with Crippen molar-refractivity contribution in [3.8, 4) is 0 Å². The van der Waals surface area contributed by atoms with Crippen LogP contribution in [0.15, 0.2) is 35.7 Å². The van der Waals surface area contributed by atoms with Gasteiger partial charge in [0, 0.05) is 12.8 Å². The summed E-state index contributed by atoms with van der Waals surface area (Å²) in [7, 11) is 0. The second-order valence-electron chi connectivity index (χ2n) is 6.16. The molecule has 0 saturated carbocycles. The molecule has 1 aromatic carbocycles. The molecule has 1 saturated heterocycles. The average Bonchev–Trinajstić information content (AvgIpc) is 3.25. The van der Waals surface area contributed by atoms with Crippen LogP contribution in [0.4, 0.5) is 0 Å². The summed E-state index contributed by atoms with van der Waals surface area (Å²) in [6, 6.07) is 9.94. The first-order valence-corrected chi connectivity index (χ1v) is 9.85.